The highest BCUT2D eigenvalue weighted by Gasteiger charge is 2.25. The molecule has 0 fully saturated rings. The molecule has 0 aliphatic heterocycles. The molecule has 2 aromatic rings. The number of amides is 3. The standard InChI is InChI=1S/C16H14BrFN2O3/c1-19-16(22)20-15(21)14(10-5-3-2-4-6-10)23-13-8-7-11(17)9-12(13)18/h2-9,14H,1H3,(H2,19,20,21,22)/t14-/m1/s1. The lowest BCUT2D eigenvalue weighted by atomic mass is 10.1. The topological polar surface area (TPSA) is 67.4 Å². The Morgan fingerprint density at radius 1 is 1.17 bits per heavy atom. The number of urea groups is 1. The predicted octanol–water partition coefficient (Wildman–Crippen LogP) is 3.16. The van der Waals surface area contributed by atoms with Gasteiger partial charge in [-0.15, -0.1) is 0 Å². The van der Waals surface area contributed by atoms with Gasteiger partial charge in [-0.05, 0) is 18.2 Å². The summed E-state index contributed by atoms with van der Waals surface area (Å²) in [5.41, 5.74) is 0.497. The van der Waals surface area contributed by atoms with Crippen molar-refractivity contribution in [2.75, 3.05) is 7.05 Å². The van der Waals surface area contributed by atoms with E-state index in [2.05, 4.69) is 26.6 Å². The third-order valence-electron chi connectivity index (χ3n) is 2.94. The first kappa shape index (κ1) is 17.0. The van der Waals surface area contributed by atoms with Gasteiger partial charge in [0.2, 0.25) is 6.10 Å². The first-order valence-electron chi connectivity index (χ1n) is 6.70. The number of hydrogen-bond donors (Lipinski definition) is 2. The minimum absolute atomic E-state index is 0.0888. The van der Waals surface area contributed by atoms with Gasteiger partial charge in [0.25, 0.3) is 5.91 Å². The molecular weight excluding hydrogens is 367 g/mol. The van der Waals surface area contributed by atoms with Gasteiger partial charge >= 0.3 is 6.03 Å². The SMILES string of the molecule is CNC(=O)NC(=O)[C@H](Oc1ccc(Br)cc1F)c1ccccc1. The van der Waals surface area contributed by atoms with Gasteiger partial charge in [-0.2, -0.15) is 0 Å². The Morgan fingerprint density at radius 2 is 1.87 bits per heavy atom. The van der Waals surface area contributed by atoms with Crippen LogP contribution in [0, 0.1) is 5.82 Å². The summed E-state index contributed by atoms with van der Waals surface area (Å²) in [6.45, 7) is 0. The molecule has 0 saturated carbocycles. The van der Waals surface area contributed by atoms with Crippen molar-refractivity contribution in [3.8, 4) is 5.75 Å². The third kappa shape index (κ3) is 4.53. The molecule has 23 heavy (non-hydrogen) atoms. The van der Waals surface area contributed by atoms with Gasteiger partial charge in [0.15, 0.2) is 11.6 Å². The minimum atomic E-state index is -1.16. The average Bonchev–Trinajstić information content (AvgIpc) is 2.54. The maximum Gasteiger partial charge on any atom is 0.321 e. The molecule has 2 aromatic carbocycles. The number of benzene rings is 2. The van der Waals surface area contributed by atoms with Crippen LogP contribution >= 0.6 is 15.9 Å². The van der Waals surface area contributed by atoms with Crippen molar-refractivity contribution in [2.45, 2.75) is 6.10 Å². The number of nitrogens with one attached hydrogen (secondary N) is 2. The zero-order chi connectivity index (χ0) is 16.8. The highest BCUT2D eigenvalue weighted by atomic mass is 79.9. The zero-order valence-electron chi connectivity index (χ0n) is 12.2. The highest BCUT2D eigenvalue weighted by Crippen LogP contribution is 2.27. The van der Waals surface area contributed by atoms with Crippen molar-refractivity contribution in [3.63, 3.8) is 0 Å². The van der Waals surface area contributed by atoms with Crippen LogP contribution in [0.5, 0.6) is 5.75 Å². The lowest BCUT2D eigenvalue weighted by molar-refractivity contribution is -0.127. The van der Waals surface area contributed by atoms with Crippen LogP contribution in [-0.4, -0.2) is 19.0 Å². The van der Waals surface area contributed by atoms with Crippen molar-refractivity contribution in [2.24, 2.45) is 0 Å². The van der Waals surface area contributed by atoms with Crippen molar-refractivity contribution in [1.29, 1.82) is 0 Å². The molecule has 0 radical (unpaired) electrons. The number of carbonyl (C=O) groups excluding carboxylic acids is 2. The summed E-state index contributed by atoms with van der Waals surface area (Å²) in [5.74, 6) is -1.40. The van der Waals surface area contributed by atoms with Crippen LogP contribution in [0.1, 0.15) is 11.7 Å². The Labute approximate surface area is 141 Å². The summed E-state index contributed by atoms with van der Waals surface area (Å²) < 4.78 is 20.0. The van der Waals surface area contributed by atoms with E-state index in [-0.39, 0.29) is 5.75 Å². The van der Waals surface area contributed by atoms with Crippen LogP contribution in [0.3, 0.4) is 0 Å². The largest absolute Gasteiger partial charge is 0.473 e. The van der Waals surface area contributed by atoms with E-state index in [9.17, 15) is 14.0 Å². The molecule has 120 valence electrons. The van der Waals surface area contributed by atoms with Gasteiger partial charge in [0.05, 0.1) is 0 Å². The Hall–Kier alpha value is -2.41. The van der Waals surface area contributed by atoms with E-state index >= 15 is 0 Å². The van der Waals surface area contributed by atoms with Crippen LogP contribution in [-0.2, 0) is 4.79 Å². The highest BCUT2D eigenvalue weighted by molar-refractivity contribution is 9.10. The Balaban J connectivity index is 2.30. The average molecular weight is 381 g/mol. The van der Waals surface area contributed by atoms with E-state index in [1.54, 1.807) is 36.4 Å². The number of hydrogen-bond acceptors (Lipinski definition) is 3. The second-order valence-corrected chi connectivity index (χ2v) is 5.47. The molecule has 0 aromatic heterocycles. The van der Waals surface area contributed by atoms with E-state index < -0.39 is 23.9 Å². The van der Waals surface area contributed by atoms with E-state index in [0.717, 1.165) is 0 Å². The number of halogens is 2. The van der Waals surface area contributed by atoms with Gasteiger partial charge in [-0.25, -0.2) is 9.18 Å². The number of ether oxygens (including phenoxy) is 1. The van der Waals surface area contributed by atoms with Gasteiger partial charge in [0.1, 0.15) is 0 Å². The molecule has 7 heteroatoms. The lowest BCUT2D eigenvalue weighted by Crippen LogP contribution is -2.41. The lowest BCUT2D eigenvalue weighted by Gasteiger charge is -2.19. The van der Waals surface area contributed by atoms with Crippen molar-refractivity contribution >= 4 is 27.9 Å². The molecule has 0 heterocycles. The molecule has 2 rings (SSSR count). The summed E-state index contributed by atoms with van der Waals surface area (Å²) in [4.78, 5) is 23.6. The van der Waals surface area contributed by atoms with Gasteiger partial charge in [-0.3, -0.25) is 10.1 Å². The maximum absolute atomic E-state index is 14.0. The molecule has 0 aliphatic carbocycles. The zero-order valence-corrected chi connectivity index (χ0v) is 13.8. The fourth-order valence-corrected chi connectivity index (χ4v) is 2.17. The number of carbonyl (C=O) groups is 2. The van der Waals surface area contributed by atoms with Gasteiger partial charge in [0, 0.05) is 17.1 Å². The van der Waals surface area contributed by atoms with Crippen LogP contribution in [0.4, 0.5) is 9.18 Å². The van der Waals surface area contributed by atoms with Crippen LogP contribution in [0.2, 0.25) is 0 Å². The van der Waals surface area contributed by atoms with Crippen molar-refractivity contribution in [3.05, 3.63) is 64.4 Å². The third-order valence-corrected chi connectivity index (χ3v) is 3.44. The first-order chi connectivity index (χ1) is 11.0. The normalized spacial score (nSPS) is 11.4. The minimum Gasteiger partial charge on any atom is -0.473 e. The number of imide groups is 1. The monoisotopic (exact) mass is 380 g/mol. The van der Waals surface area contributed by atoms with Crippen LogP contribution in [0.25, 0.3) is 0 Å². The van der Waals surface area contributed by atoms with E-state index in [1.807, 2.05) is 0 Å². The fraction of sp³-hybridized carbons (Fsp3) is 0.125. The Morgan fingerprint density at radius 3 is 2.48 bits per heavy atom. The maximum atomic E-state index is 14.0. The molecular formula is C16H14BrFN2O3. The van der Waals surface area contributed by atoms with Gasteiger partial charge < -0.3 is 10.1 Å². The quantitative estimate of drug-likeness (QED) is 0.855. The summed E-state index contributed by atoms with van der Waals surface area (Å²) in [6, 6.07) is 12.1. The van der Waals surface area contributed by atoms with Crippen molar-refractivity contribution in [1.82, 2.24) is 10.6 Å². The number of rotatable bonds is 4. The van der Waals surface area contributed by atoms with E-state index in [0.29, 0.717) is 10.0 Å². The molecule has 0 bridgehead atoms. The molecule has 3 amide bonds. The van der Waals surface area contributed by atoms with Gasteiger partial charge in [-0.1, -0.05) is 46.3 Å². The summed E-state index contributed by atoms with van der Waals surface area (Å²) in [7, 11) is 1.38. The molecule has 2 N–H and O–H groups in total. The van der Waals surface area contributed by atoms with E-state index in [4.69, 9.17) is 4.74 Å². The first-order valence-corrected chi connectivity index (χ1v) is 7.50. The smallest absolute Gasteiger partial charge is 0.321 e. The molecule has 0 saturated heterocycles. The molecule has 0 spiro atoms. The summed E-state index contributed by atoms with van der Waals surface area (Å²) in [6.07, 6.45) is -1.16. The Kier molecular flexibility index (Phi) is 5.70. The molecule has 0 aliphatic rings. The molecule has 1 atom stereocenters. The molecule has 0 unspecified atom stereocenters. The fourth-order valence-electron chi connectivity index (χ4n) is 1.84. The molecule has 5 nitrogen and oxygen atoms in total. The second kappa shape index (κ2) is 7.73. The van der Waals surface area contributed by atoms with Crippen molar-refractivity contribution < 1.29 is 18.7 Å². The van der Waals surface area contributed by atoms with E-state index in [1.165, 1.54) is 19.2 Å². The summed E-state index contributed by atoms with van der Waals surface area (Å²) >= 11 is 3.15. The second-order valence-electron chi connectivity index (χ2n) is 4.55. The van der Waals surface area contributed by atoms with Crippen LogP contribution < -0.4 is 15.4 Å². The predicted molar refractivity (Wildman–Crippen MR) is 86.5 cm³/mol. The summed E-state index contributed by atoms with van der Waals surface area (Å²) in [5, 5.41) is 4.41. The Bertz CT molecular complexity index is 710. The van der Waals surface area contributed by atoms with Crippen LogP contribution in [0.15, 0.2) is 53.0 Å².